The van der Waals surface area contributed by atoms with E-state index < -0.39 is 15.3 Å². The Morgan fingerprint density at radius 2 is 2.04 bits per heavy atom. The molecule has 0 unspecified atom stereocenters. The number of carbonyl (C=O) groups is 1. The molecule has 27 heavy (non-hydrogen) atoms. The molecule has 1 N–H and O–H groups in total. The molecular formula is C18H23N5O3S. The Morgan fingerprint density at radius 1 is 1.22 bits per heavy atom. The van der Waals surface area contributed by atoms with Gasteiger partial charge in [-0.2, -0.15) is 5.10 Å². The number of carbonyl (C=O) groups excluding carboxylic acids is 1. The molecule has 0 spiro atoms. The third-order valence-corrected chi connectivity index (χ3v) is 7.41. The van der Waals surface area contributed by atoms with E-state index in [-0.39, 0.29) is 12.6 Å². The van der Waals surface area contributed by atoms with E-state index in [2.05, 4.69) is 10.4 Å². The lowest BCUT2D eigenvalue weighted by Gasteiger charge is -2.34. The number of rotatable bonds is 3. The third-order valence-electron chi connectivity index (χ3n) is 5.19. The fraction of sp³-hybridized carbons (Fsp3) is 0.444. The van der Waals surface area contributed by atoms with Crippen molar-refractivity contribution >= 4 is 27.6 Å². The van der Waals surface area contributed by atoms with Gasteiger partial charge in [-0.3, -0.25) is 14.3 Å². The van der Waals surface area contributed by atoms with E-state index in [0.717, 1.165) is 17.7 Å². The number of benzene rings is 1. The summed E-state index contributed by atoms with van der Waals surface area (Å²) in [4.78, 5) is 14.1. The minimum Gasteiger partial charge on any atom is -0.323 e. The topological polar surface area (TPSA) is 87.5 Å². The first-order valence-corrected chi connectivity index (χ1v) is 10.6. The van der Waals surface area contributed by atoms with E-state index in [9.17, 15) is 13.2 Å². The van der Waals surface area contributed by atoms with Gasteiger partial charge in [0.1, 0.15) is 0 Å². The standard InChI is InChI=1S/C18H23N5O3S/c1-21-11-9-17(20-21)19-18(24)22-10-4-6-15(13-22)27(25,26)23-12-8-14-5-2-3-7-16(14)23/h2-3,5,7,9,11,15H,4,6,8,10,12-13H2,1H3,(H,19,20,24)/t15-/m1/s1. The Bertz CT molecular complexity index is 955. The van der Waals surface area contributed by atoms with Gasteiger partial charge in [-0.15, -0.1) is 0 Å². The summed E-state index contributed by atoms with van der Waals surface area (Å²) in [6, 6.07) is 9.01. The number of hydrogen-bond acceptors (Lipinski definition) is 4. The van der Waals surface area contributed by atoms with Crippen LogP contribution in [0.4, 0.5) is 16.3 Å². The molecule has 1 atom stereocenters. The van der Waals surface area contributed by atoms with Crippen LogP contribution in [0.1, 0.15) is 18.4 Å². The molecule has 0 bridgehead atoms. The number of para-hydroxylation sites is 1. The molecule has 1 fully saturated rings. The van der Waals surface area contributed by atoms with Crippen molar-refractivity contribution in [2.24, 2.45) is 7.05 Å². The monoisotopic (exact) mass is 389 g/mol. The first kappa shape index (κ1) is 17.8. The zero-order valence-electron chi connectivity index (χ0n) is 15.2. The number of anilines is 2. The van der Waals surface area contributed by atoms with Crippen molar-refractivity contribution in [3.05, 3.63) is 42.1 Å². The first-order valence-electron chi connectivity index (χ1n) is 9.10. The van der Waals surface area contributed by atoms with Crippen molar-refractivity contribution in [3.63, 3.8) is 0 Å². The van der Waals surface area contributed by atoms with Crippen LogP contribution in [0, 0.1) is 0 Å². The molecule has 1 saturated heterocycles. The normalized spacial score (nSPS) is 19.8. The maximum absolute atomic E-state index is 13.2. The SMILES string of the molecule is Cn1ccc(NC(=O)N2CCC[C@@H](S(=O)(=O)N3CCc4ccccc43)C2)n1. The highest BCUT2D eigenvalue weighted by molar-refractivity contribution is 7.93. The van der Waals surface area contributed by atoms with E-state index in [4.69, 9.17) is 0 Å². The molecule has 4 rings (SSSR count). The molecule has 2 aliphatic rings. The largest absolute Gasteiger partial charge is 0.323 e. The number of piperidine rings is 1. The molecule has 2 aromatic rings. The van der Waals surface area contributed by atoms with Crippen LogP contribution in [0.2, 0.25) is 0 Å². The Labute approximate surface area is 158 Å². The predicted octanol–water partition coefficient (Wildman–Crippen LogP) is 1.81. The van der Waals surface area contributed by atoms with Gasteiger partial charge >= 0.3 is 6.03 Å². The van der Waals surface area contributed by atoms with Crippen LogP contribution in [0.5, 0.6) is 0 Å². The summed E-state index contributed by atoms with van der Waals surface area (Å²) in [5, 5.41) is 6.28. The summed E-state index contributed by atoms with van der Waals surface area (Å²) in [6.45, 7) is 1.21. The highest BCUT2D eigenvalue weighted by Crippen LogP contribution is 2.33. The predicted molar refractivity (Wildman–Crippen MR) is 103 cm³/mol. The van der Waals surface area contributed by atoms with Crippen molar-refractivity contribution in [3.8, 4) is 0 Å². The Morgan fingerprint density at radius 3 is 2.81 bits per heavy atom. The van der Waals surface area contributed by atoms with Crippen LogP contribution < -0.4 is 9.62 Å². The number of urea groups is 1. The highest BCUT2D eigenvalue weighted by Gasteiger charge is 2.39. The van der Waals surface area contributed by atoms with Crippen LogP contribution in [0.15, 0.2) is 36.5 Å². The molecule has 2 aliphatic heterocycles. The van der Waals surface area contributed by atoms with Gasteiger partial charge in [0, 0.05) is 38.9 Å². The Balaban J connectivity index is 1.48. The van der Waals surface area contributed by atoms with Gasteiger partial charge in [-0.1, -0.05) is 18.2 Å². The van der Waals surface area contributed by atoms with Gasteiger partial charge in [0.25, 0.3) is 0 Å². The number of nitrogens with zero attached hydrogens (tertiary/aromatic N) is 4. The molecule has 3 heterocycles. The summed E-state index contributed by atoms with van der Waals surface area (Å²) in [6.07, 6.45) is 3.69. The number of sulfonamides is 1. The number of amides is 2. The van der Waals surface area contributed by atoms with Crippen molar-refractivity contribution in [2.45, 2.75) is 24.5 Å². The molecule has 0 saturated carbocycles. The summed E-state index contributed by atoms with van der Waals surface area (Å²) in [5.41, 5.74) is 1.83. The van der Waals surface area contributed by atoms with Gasteiger partial charge in [-0.25, -0.2) is 13.2 Å². The molecular weight excluding hydrogens is 366 g/mol. The molecule has 1 aromatic carbocycles. The van der Waals surface area contributed by atoms with E-state index in [1.54, 1.807) is 28.9 Å². The highest BCUT2D eigenvalue weighted by atomic mass is 32.2. The Hall–Kier alpha value is -2.55. The number of likely N-dealkylation sites (tertiary alicyclic amines) is 1. The molecule has 9 heteroatoms. The number of hydrogen-bond donors (Lipinski definition) is 1. The summed E-state index contributed by atoms with van der Waals surface area (Å²) >= 11 is 0. The number of nitrogens with one attached hydrogen (secondary N) is 1. The zero-order chi connectivity index (χ0) is 19.0. The molecule has 8 nitrogen and oxygen atoms in total. The second-order valence-corrected chi connectivity index (χ2v) is 9.15. The molecule has 2 amide bonds. The van der Waals surface area contributed by atoms with Crippen molar-refractivity contribution < 1.29 is 13.2 Å². The summed E-state index contributed by atoms with van der Waals surface area (Å²) in [5.74, 6) is 0.459. The van der Waals surface area contributed by atoms with E-state index >= 15 is 0 Å². The van der Waals surface area contributed by atoms with Gasteiger partial charge < -0.3 is 4.90 Å². The first-order chi connectivity index (χ1) is 12.9. The average molecular weight is 389 g/mol. The lowest BCUT2D eigenvalue weighted by atomic mass is 10.1. The van der Waals surface area contributed by atoms with Gasteiger partial charge in [0.05, 0.1) is 10.9 Å². The second-order valence-electron chi connectivity index (χ2n) is 7.01. The Kier molecular flexibility index (Phi) is 4.55. The number of aryl methyl sites for hydroxylation is 1. The molecule has 0 radical (unpaired) electrons. The maximum Gasteiger partial charge on any atom is 0.323 e. The zero-order valence-corrected chi connectivity index (χ0v) is 16.0. The maximum atomic E-state index is 13.2. The number of fused-ring (bicyclic) bond motifs is 1. The number of aromatic nitrogens is 2. The fourth-order valence-corrected chi connectivity index (χ4v) is 5.78. The molecule has 144 valence electrons. The van der Waals surface area contributed by atoms with E-state index in [1.165, 1.54) is 4.31 Å². The summed E-state index contributed by atoms with van der Waals surface area (Å²) < 4.78 is 29.6. The molecule has 1 aromatic heterocycles. The molecule has 0 aliphatic carbocycles. The minimum atomic E-state index is -3.52. The average Bonchev–Trinajstić information content (AvgIpc) is 3.28. The van der Waals surface area contributed by atoms with E-state index in [0.29, 0.717) is 31.7 Å². The van der Waals surface area contributed by atoms with Crippen LogP contribution in [0.3, 0.4) is 0 Å². The minimum absolute atomic E-state index is 0.194. The van der Waals surface area contributed by atoms with E-state index in [1.807, 2.05) is 24.3 Å². The lowest BCUT2D eigenvalue weighted by Crippen LogP contribution is -2.50. The van der Waals surface area contributed by atoms with Gasteiger partial charge in [0.2, 0.25) is 10.0 Å². The van der Waals surface area contributed by atoms with Crippen LogP contribution >= 0.6 is 0 Å². The fourth-order valence-electron chi connectivity index (χ4n) is 3.79. The van der Waals surface area contributed by atoms with Crippen LogP contribution in [-0.4, -0.2) is 54.0 Å². The third kappa shape index (κ3) is 3.39. The lowest BCUT2D eigenvalue weighted by molar-refractivity contribution is 0.200. The van der Waals surface area contributed by atoms with Crippen LogP contribution in [0.25, 0.3) is 0 Å². The van der Waals surface area contributed by atoms with Gasteiger partial charge in [0.15, 0.2) is 5.82 Å². The van der Waals surface area contributed by atoms with Crippen LogP contribution in [-0.2, 0) is 23.5 Å². The quantitative estimate of drug-likeness (QED) is 0.867. The van der Waals surface area contributed by atoms with Gasteiger partial charge in [-0.05, 0) is 30.9 Å². The van der Waals surface area contributed by atoms with Crippen molar-refractivity contribution in [2.75, 3.05) is 29.3 Å². The van der Waals surface area contributed by atoms with Crippen molar-refractivity contribution in [1.82, 2.24) is 14.7 Å². The van der Waals surface area contributed by atoms with Crippen molar-refractivity contribution in [1.29, 1.82) is 0 Å². The second kappa shape index (κ2) is 6.88. The summed E-state index contributed by atoms with van der Waals surface area (Å²) in [7, 11) is -1.75. The smallest absolute Gasteiger partial charge is 0.323 e.